The second-order valence-corrected chi connectivity index (χ2v) is 9.51. The van der Waals surface area contributed by atoms with Crippen molar-refractivity contribution in [2.45, 2.75) is 90.7 Å². The second-order valence-electron chi connectivity index (χ2n) is 9.10. The van der Waals surface area contributed by atoms with Gasteiger partial charge in [0.1, 0.15) is 16.9 Å². The summed E-state index contributed by atoms with van der Waals surface area (Å²) in [7, 11) is 0. The summed E-state index contributed by atoms with van der Waals surface area (Å²) < 4.78 is 11.0. The molecule has 0 spiro atoms. The van der Waals surface area contributed by atoms with E-state index in [1.807, 2.05) is 0 Å². The predicted molar refractivity (Wildman–Crippen MR) is 124 cm³/mol. The van der Waals surface area contributed by atoms with Crippen molar-refractivity contribution in [2.24, 2.45) is 0 Å². The molecule has 1 atom stereocenters. The minimum atomic E-state index is -1.46. The van der Waals surface area contributed by atoms with Crippen molar-refractivity contribution in [1.82, 2.24) is 5.32 Å². The number of hydrogen-bond donors (Lipinski definition) is 2. The maximum atomic E-state index is 12.8. The number of carbonyl (C=O) groups is 2. The van der Waals surface area contributed by atoms with Gasteiger partial charge in [-0.25, -0.2) is 4.79 Å². The minimum Gasteiger partial charge on any atom is -0.492 e. The smallest absolute Gasteiger partial charge is 0.408 e. The molecule has 1 aromatic rings. The molecule has 0 aliphatic carbocycles. The van der Waals surface area contributed by atoms with Crippen molar-refractivity contribution in [2.75, 3.05) is 13.2 Å². The van der Waals surface area contributed by atoms with E-state index in [1.54, 1.807) is 39.0 Å². The van der Waals surface area contributed by atoms with Gasteiger partial charge >= 0.3 is 6.09 Å². The molecule has 1 rings (SSSR count). The summed E-state index contributed by atoms with van der Waals surface area (Å²) in [5.74, 6) is 0.237. The third-order valence-electron chi connectivity index (χ3n) is 4.82. The number of alkyl carbamates (subject to hydrolysis) is 1. The van der Waals surface area contributed by atoms with Gasteiger partial charge in [0.15, 0.2) is 5.78 Å². The van der Waals surface area contributed by atoms with Crippen LogP contribution in [0.15, 0.2) is 18.2 Å². The fourth-order valence-electron chi connectivity index (χ4n) is 2.94. The molecular formula is C24H38ClNO5. The molecule has 7 heteroatoms. The largest absolute Gasteiger partial charge is 0.492 e. The Kier molecular flexibility index (Phi) is 11.4. The van der Waals surface area contributed by atoms with E-state index in [2.05, 4.69) is 12.2 Å². The second kappa shape index (κ2) is 12.9. The van der Waals surface area contributed by atoms with Crippen LogP contribution in [0.2, 0.25) is 5.02 Å². The Bertz CT molecular complexity index is 716. The number of ether oxygens (including phenoxy) is 2. The molecular weight excluding hydrogens is 418 g/mol. The molecule has 0 saturated heterocycles. The van der Waals surface area contributed by atoms with E-state index in [0.717, 1.165) is 12.8 Å². The number of carbonyl (C=O) groups excluding carboxylic acids is 2. The highest BCUT2D eigenvalue weighted by Crippen LogP contribution is 2.27. The first kappa shape index (κ1) is 27.2. The number of hydrogen-bond acceptors (Lipinski definition) is 5. The van der Waals surface area contributed by atoms with Gasteiger partial charge in [-0.1, -0.05) is 56.7 Å². The lowest BCUT2D eigenvalue weighted by Crippen LogP contribution is -2.56. The molecule has 0 unspecified atom stereocenters. The highest BCUT2D eigenvalue weighted by atomic mass is 35.5. The van der Waals surface area contributed by atoms with Crippen LogP contribution in [-0.4, -0.2) is 41.3 Å². The van der Waals surface area contributed by atoms with Gasteiger partial charge in [0.05, 0.1) is 18.2 Å². The van der Waals surface area contributed by atoms with Crippen LogP contribution in [0.5, 0.6) is 5.75 Å². The van der Waals surface area contributed by atoms with E-state index < -0.39 is 23.8 Å². The number of Topliss-reactive ketones (excluding diaryl/α,β-unsaturated/α-hetero) is 1. The van der Waals surface area contributed by atoms with E-state index >= 15 is 0 Å². The molecule has 1 aromatic carbocycles. The molecule has 0 fully saturated rings. The molecule has 1 amide bonds. The number of ketones is 1. The zero-order valence-electron chi connectivity index (χ0n) is 19.6. The number of aliphatic hydroxyl groups is 1. The molecule has 0 aliphatic rings. The summed E-state index contributed by atoms with van der Waals surface area (Å²) in [5.41, 5.74) is -1.49. The van der Waals surface area contributed by atoms with Crippen LogP contribution in [0.1, 0.15) is 78.7 Å². The first-order valence-corrected chi connectivity index (χ1v) is 11.4. The number of amides is 1. The molecule has 0 saturated carbocycles. The Balaban J connectivity index is 2.61. The van der Waals surface area contributed by atoms with E-state index in [4.69, 9.17) is 21.1 Å². The van der Waals surface area contributed by atoms with Crippen LogP contribution in [0.3, 0.4) is 0 Å². The van der Waals surface area contributed by atoms with E-state index in [9.17, 15) is 14.7 Å². The summed E-state index contributed by atoms with van der Waals surface area (Å²) in [4.78, 5) is 24.8. The van der Waals surface area contributed by atoms with Crippen LogP contribution < -0.4 is 10.1 Å². The molecule has 176 valence electrons. The van der Waals surface area contributed by atoms with Crippen molar-refractivity contribution in [3.8, 4) is 5.75 Å². The molecule has 31 heavy (non-hydrogen) atoms. The first-order valence-electron chi connectivity index (χ1n) is 11.1. The van der Waals surface area contributed by atoms with Crippen molar-refractivity contribution in [1.29, 1.82) is 0 Å². The van der Waals surface area contributed by atoms with E-state index in [1.165, 1.54) is 32.6 Å². The van der Waals surface area contributed by atoms with Crippen molar-refractivity contribution < 1.29 is 24.2 Å². The van der Waals surface area contributed by atoms with Crippen molar-refractivity contribution >= 4 is 23.5 Å². The summed E-state index contributed by atoms with van der Waals surface area (Å²) in [5, 5.41) is 12.6. The van der Waals surface area contributed by atoms with Gasteiger partial charge < -0.3 is 19.9 Å². The van der Waals surface area contributed by atoms with Crippen LogP contribution in [-0.2, 0) is 16.0 Å². The van der Waals surface area contributed by atoms with E-state index in [0.29, 0.717) is 22.9 Å². The van der Waals surface area contributed by atoms with Crippen molar-refractivity contribution in [3.63, 3.8) is 0 Å². The summed E-state index contributed by atoms with van der Waals surface area (Å²) >= 11 is 6.32. The van der Waals surface area contributed by atoms with Gasteiger partial charge in [-0.05, 0) is 51.8 Å². The number of unbranched alkanes of at least 4 members (excludes halogenated alkanes) is 5. The zero-order valence-corrected chi connectivity index (χ0v) is 20.3. The fraction of sp³-hybridized carbons (Fsp3) is 0.667. The zero-order chi connectivity index (χ0) is 23.5. The molecule has 0 aliphatic heterocycles. The first-order chi connectivity index (χ1) is 14.5. The van der Waals surface area contributed by atoms with Crippen LogP contribution in [0, 0.1) is 0 Å². The standard InChI is InChI=1S/C24H38ClNO5/c1-6-7-8-9-10-11-14-30-20-13-12-18(15-19(20)25)16-21(28)24(5,17-27)26-22(29)31-23(2,3)4/h12-13,15,27H,6-11,14,16-17H2,1-5H3,(H,26,29)/t24-/m0/s1. The Morgan fingerprint density at radius 1 is 1.06 bits per heavy atom. The summed E-state index contributed by atoms with van der Waals surface area (Å²) in [6, 6.07) is 5.20. The predicted octanol–water partition coefficient (Wildman–Crippen LogP) is 5.47. The third kappa shape index (κ3) is 10.4. The Labute approximate surface area is 191 Å². The maximum Gasteiger partial charge on any atom is 0.408 e. The average molecular weight is 456 g/mol. The minimum absolute atomic E-state index is 0.00425. The summed E-state index contributed by atoms with van der Waals surface area (Å²) in [6.45, 7) is 8.90. The van der Waals surface area contributed by atoms with E-state index in [-0.39, 0.29) is 12.2 Å². The molecule has 6 nitrogen and oxygen atoms in total. The van der Waals surface area contributed by atoms with Gasteiger partial charge in [-0.15, -0.1) is 0 Å². The fourth-order valence-corrected chi connectivity index (χ4v) is 3.20. The topological polar surface area (TPSA) is 84.9 Å². The lowest BCUT2D eigenvalue weighted by atomic mass is 9.92. The van der Waals surface area contributed by atoms with Gasteiger partial charge in [0.25, 0.3) is 0 Å². The van der Waals surface area contributed by atoms with Crippen LogP contribution in [0.4, 0.5) is 4.79 Å². The lowest BCUT2D eigenvalue weighted by molar-refractivity contribution is -0.125. The monoisotopic (exact) mass is 455 g/mol. The quantitative estimate of drug-likeness (QED) is 0.385. The lowest BCUT2D eigenvalue weighted by Gasteiger charge is -2.29. The maximum absolute atomic E-state index is 12.8. The molecule has 0 heterocycles. The van der Waals surface area contributed by atoms with Crippen LogP contribution in [0.25, 0.3) is 0 Å². The molecule has 0 radical (unpaired) electrons. The highest BCUT2D eigenvalue weighted by molar-refractivity contribution is 6.32. The number of halogens is 1. The Morgan fingerprint density at radius 3 is 2.29 bits per heavy atom. The number of rotatable bonds is 13. The van der Waals surface area contributed by atoms with Gasteiger partial charge in [0.2, 0.25) is 0 Å². The number of aliphatic hydroxyl groups excluding tert-OH is 1. The SMILES string of the molecule is CCCCCCCCOc1ccc(CC(=O)[C@](C)(CO)NC(=O)OC(C)(C)C)cc1Cl. The van der Waals surface area contributed by atoms with Gasteiger partial charge in [-0.3, -0.25) is 4.79 Å². The summed E-state index contributed by atoms with van der Waals surface area (Å²) in [6.07, 6.45) is 6.34. The Hall–Kier alpha value is -1.79. The molecule has 0 aromatic heterocycles. The Morgan fingerprint density at radius 2 is 1.71 bits per heavy atom. The molecule has 2 N–H and O–H groups in total. The third-order valence-corrected chi connectivity index (χ3v) is 5.12. The van der Waals surface area contributed by atoms with Gasteiger partial charge in [0, 0.05) is 6.42 Å². The van der Waals surface area contributed by atoms with Crippen molar-refractivity contribution in [3.05, 3.63) is 28.8 Å². The number of benzene rings is 1. The average Bonchev–Trinajstić information content (AvgIpc) is 2.67. The molecule has 0 bridgehead atoms. The number of nitrogens with one attached hydrogen (secondary N) is 1. The van der Waals surface area contributed by atoms with Crippen LogP contribution >= 0.6 is 11.6 Å². The highest BCUT2D eigenvalue weighted by Gasteiger charge is 2.35. The van der Waals surface area contributed by atoms with Gasteiger partial charge in [-0.2, -0.15) is 0 Å². The normalized spacial score (nSPS) is 13.4.